The molecule has 4 aromatic heterocycles. The van der Waals surface area contributed by atoms with Gasteiger partial charge in [0.1, 0.15) is 0 Å². The van der Waals surface area contributed by atoms with Crippen LogP contribution >= 0.6 is 11.3 Å². The summed E-state index contributed by atoms with van der Waals surface area (Å²) in [5.74, 6) is 0.171. The number of anilines is 1. The fourth-order valence-corrected chi connectivity index (χ4v) is 3.15. The third-order valence-electron chi connectivity index (χ3n) is 3.56. The summed E-state index contributed by atoms with van der Waals surface area (Å²) in [5, 5.41) is 8.27. The zero-order valence-electron chi connectivity index (χ0n) is 13.9. The summed E-state index contributed by atoms with van der Waals surface area (Å²) in [6, 6.07) is 8.83. The van der Waals surface area contributed by atoms with Gasteiger partial charge in [0, 0.05) is 24.0 Å². The molecule has 0 unspecified atom stereocenters. The van der Waals surface area contributed by atoms with E-state index in [0.29, 0.717) is 17.4 Å². The number of pyridine rings is 2. The van der Waals surface area contributed by atoms with E-state index in [9.17, 15) is 8.78 Å². The van der Waals surface area contributed by atoms with Crippen LogP contribution in [-0.4, -0.2) is 37.6 Å². The molecule has 4 heterocycles. The maximum absolute atomic E-state index is 12.2. The Hall–Kier alpha value is -3.14. The molecule has 138 valence electrons. The number of halogens is 2. The van der Waals surface area contributed by atoms with Crippen molar-refractivity contribution in [3.05, 3.63) is 54.6 Å². The molecule has 0 amide bonds. The Balaban J connectivity index is 1.42. The van der Waals surface area contributed by atoms with E-state index < -0.39 is 13.0 Å². The van der Waals surface area contributed by atoms with Crippen LogP contribution in [0, 0.1) is 0 Å². The Morgan fingerprint density at radius 1 is 1.19 bits per heavy atom. The molecule has 10 heteroatoms. The number of ether oxygens (including phenoxy) is 1. The van der Waals surface area contributed by atoms with Crippen molar-refractivity contribution in [2.75, 3.05) is 11.9 Å². The zero-order valence-corrected chi connectivity index (χ0v) is 14.7. The first-order chi connectivity index (χ1) is 13.2. The number of rotatable bonds is 7. The number of alkyl halides is 2. The van der Waals surface area contributed by atoms with Gasteiger partial charge >= 0.3 is 0 Å². The normalized spacial score (nSPS) is 11.2. The Labute approximate surface area is 156 Å². The molecular formula is C17H14F2N6OS. The van der Waals surface area contributed by atoms with Gasteiger partial charge in [-0.05, 0) is 18.2 Å². The van der Waals surface area contributed by atoms with Crippen molar-refractivity contribution in [2.45, 2.75) is 13.0 Å². The van der Waals surface area contributed by atoms with Gasteiger partial charge in [-0.3, -0.25) is 4.98 Å². The van der Waals surface area contributed by atoms with E-state index in [-0.39, 0.29) is 5.88 Å². The second-order valence-corrected chi connectivity index (χ2v) is 6.48. The first-order valence-electron chi connectivity index (χ1n) is 8.05. The highest BCUT2D eigenvalue weighted by molar-refractivity contribution is 7.20. The predicted molar refractivity (Wildman–Crippen MR) is 97.2 cm³/mol. The van der Waals surface area contributed by atoms with Crippen LogP contribution in [0.1, 0.15) is 5.69 Å². The van der Waals surface area contributed by atoms with E-state index in [1.165, 1.54) is 11.3 Å². The number of aromatic nitrogens is 5. The van der Waals surface area contributed by atoms with E-state index in [4.69, 9.17) is 4.74 Å². The highest BCUT2D eigenvalue weighted by atomic mass is 32.1. The molecule has 0 aromatic carbocycles. The van der Waals surface area contributed by atoms with Crippen molar-refractivity contribution >= 4 is 21.4 Å². The monoisotopic (exact) mass is 388 g/mol. The molecule has 0 aliphatic heterocycles. The molecule has 27 heavy (non-hydrogen) atoms. The summed E-state index contributed by atoms with van der Waals surface area (Å²) >= 11 is 1.40. The molecule has 7 nitrogen and oxygen atoms in total. The highest BCUT2D eigenvalue weighted by Crippen LogP contribution is 2.24. The fraction of sp³-hybridized carbons (Fsp3) is 0.176. The van der Waals surface area contributed by atoms with E-state index in [0.717, 1.165) is 16.2 Å². The molecular weight excluding hydrogens is 374 g/mol. The van der Waals surface area contributed by atoms with Gasteiger partial charge in [0.25, 0.3) is 6.43 Å². The lowest BCUT2D eigenvalue weighted by Crippen LogP contribution is -2.09. The van der Waals surface area contributed by atoms with Gasteiger partial charge in [0.05, 0.1) is 24.1 Å². The number of imidazole rings is 1. The average molecular weight is 388 g/mol. The molecule has 0 aliphatic rings. The molecule has 0 radical (unpaired) electrons. The Kier molecular flexibility index (Phi) is 4.88. The fourth-order valence-electron chi connectivity index (χ4n) is 2.38. The van der Waals surface area contributed by atoms with Crippen molar-refractivity contribution in [1.82, 2.24) is 24.6 Å². The molecule has 0 atom stereocenters. The van der Waals surface area contributed by atoms with E-state index in [1.807, 2.05) is 18.3 Å². The average Bonchev–Trinajstić information content (AvgIpc) is 3.25. The molecule has 0 spiro atoms. The van der Waals surface area contributed by atoms with Crippen LogP contribution in [0.15, 0.2) is 48.9 Å². The van der Waals surface area contributed by atoms with Crippen molar-refractivity contribution < 1.29 is 13.5 Å². The second-order valence-electron chi connectivity index (χ2n) is 5.53. The molecule has 0 saturated heterocycles. The van der Waals surface area contributed by atoms with E-state index in [1.54, 1.807) is 35.1 Å². The summed E-state index contributed by atoms with van der Waals surface area (Å²) in [7, 11) is 0. The van der Waals surface area contributed by atoms with Crippen LogP contribution < -0.4 is 10.1 Å². The smallest absolute Gasteiger partial charge is 0.272 e. The summed E-state index contributed by atoms with van der Waals surface area (Å²) < 4.78 is 31.1. The largest absolute Gasteiger partial charge is 0.472 e. The molecule has 0 saturated carbocycles. The minimum Gasteiger partial charge on any atom is -0.472 e. The molecule has 4 rings (SSSR count). The van der Waals surface area contributed by atoms with Crippen LogP contribution in [0.3, 0.4) is 0 Å². The molecule has 0 bridgehead atoms. The lowest BCUT2D eigenvalue weighted by atomic mass is 10.2. The van der Waals surface area contributed by atoms with Crippen molar-refractivity contribution in [1.29, 1.82) is 0 Å². The predicted octanol–water partition coefficient (Wildman–Crippen LogP) is 3.50. The van der Waals surface area contributed by atoms with Crippen molar-refractivity contribution in [3.8, 4) is 17.1 Å². The van der Waals surface area contributed by atoms with Crippen LogP contribution in [0.4, 0.5) is 13.9 Å². The summed E-state index contributed by atoms with van der Waals surface area (Å²) in [6.07, 6.45) is 2.77. The van der Waals surface area contributed by atoms with Crippen molar-refractivity contribution in [2.24, 2.45) is 0 Å². The standard InChI is InChI=1S/C17H14F2N6OS/c18-14(19)10-26-15-5-1-4-12(22-15)8-21-16-24-25-9-13(23-17(25)27-16)11-3-2-6-20-7-11/h1-7,9,14H,8,10H2,(H,21,24). The van der Waals surface area contributed by atoms with Crippen LogP contribution in [0.2, 0.25) is 0 Å². The molecule has 4 aromatic rings. The quantitative estimate of drug-likeness (QED) is 0.522. The maximum Gasteiger partial charge on any atom is 0.272 e. The SMILES string of the molecule is FC(F)COc1cccc(CNc2nn3cc(-c4cccnc4)nc3s2)n1. The molecule has 0 aliphatic carbocycles. The maximum atomic E-state index is 12.2. The third kappa shape index (κ3) is 4.17. The zero-order chi connectivity index (χ0) is 18.6. The third-order valence-corrected chi connectivity index (χ3v) is 4.44. The van der Waals surface area contributed by atoms with Gasteiger partial charge in [0.15, 0.2) is 6.61 Å². The summed E-state index contributed by atoms with van der Waals surface area (Å²) in [6.45, 7) is -0.287. The van der Waals surface area contributed by atoms with Gasteiger partial charge in [-0.2, -0.15) is 0 Å². The first kappa shape index (κ1) is 17.3. The summed E-state index contributed by atoms with van der Waals surface area (Å²) in [4.78, 5) is 13.6. The van der Waals surface area contributed by atoms with Crippen LogP contribution in [0.5, 0.6) is 5.88 Å². The number of hydrogen-bond acceptors (Lipinski definition) is 7. The highest BCUT2D eigenvalue weighted by Gasteiger charge is 2.10. The number of hydrogen-bond donors (Lipinski definition) is 1. The van der Waals surface area contributed by atoms with Gasteiger partial charge in [-0.1, -0.05) is 17.4 Å². The lowest BCUT2D eigenvalue weighted by molar-refractivity contribution is 0.0795. The van der Waals surface area contributed by atoms with E-state index >= 15 is 0 Å². The van der Waals surface area contributed by atoms with Crippen LogP contribution in [-0.2, 0) is 6.54 Å². The number of nitrogens with one attached hydrogen (secondary N) is 1. The Bertz CT molecular complexity index is 1000. The molecule has 0 fully saturated rings. The first-order valence-corrected chi connectivity index (χ1v) is 8.86. The van der Waals surface area contributed by atoms with Gasteiger partial charge in [-0.25, -0.2) is 23.3 Å². The second kappa shape index (κ2) is 7.62. The van der Waals surface area contributed by atoms with Gasteiger partial charge in [-0.15, -0.1) is 5.10 Å². The van der Waals surface area contributed by atoms with Gasteiger partial charge < -0.3 is 10.1 Å². The minimum absolute atomic E-state index is 0.171. The van der Waals surface area contributed by atoms with Crippen molar-refractivity contribution in [3.63, 3.8) is 0 Å². The minimum atomic E-state index is -2.53. The topological polar surface area (TPSA) is 77.2 Å². The molecule has 1 N–H and O–H groups in total. The lowest BCUT2D eigenvalue weighted by Gasteiger charge is -2.06. The van der Waals surface area contributed by atoms with E-state index in [2.05, 4.69) is 25.4 Å². The summed E-state index contributed by atoms with van der Waals surface area (Å²) in [5.41, 5.74) is 2.39. The van der Waals surface area contributed by atoms with Gasteiger partial charge in [0.2, 0.25) is 16.0 Å². The van der Waals surface area contributed by atoms with Crippen LogP contribution in [0.25, 0.3) is 16.2 Å². The Morgan fingerprint density at radius 3 is 2.89 bits per heavy atom. The Morgan fingerprint density at radius 2 is 2.11 bits per heavy atom. The number of fused-ring (bicyclic) bond motifs is 1. The number of nitrogens with zero attached hydrogens (tertiary/aromatic N) is 5.